The summed E-state index contributed by atoms with van der Waals surface area (Å²) in [6, 6.07) is -0.340. The molecule has 1 saturated heterocycles. The van der Waals surface area contributed by atoms with Gasteiger partial charge in [0, 0.05) is 25.9 Å². The molecule has 1 fully saturated rings. The first kappa shape index (κ1) is 16.5. The molecule has 2 heterocycles. The van der Waals surface area contributed by atoms with Crippen molar-refractivity contribution < 1.29 is 19.4 Å². The Kier molecular flexibility index (Phi) is 4.55. The van der Waals surface area contributed by atoms with E-state index in [2.05, 4.69) is 5.10 Å². The zero-order chi connectivity index (χ0) is 16.5. The van der Waals surface area contributed by atoms with Crippen LogP contribution in [0.25, 0.3) is 0 Å². The standard InChI is InChI=1S/C15H23N3O4/c1-15(2,3)18-8-10(7-16-18)14(21)17-9-12(22-4)5-11(17)6-13(19)20/h7-8,11-12H,5-6,9H2,1-4H3,(H,19,20)/t11-,12+/m0/s1. The van der Waals surface area contributed by atoms with Crippen LogP contribution in [0.5, 0.6) is 0 Å². The first-order valence-corrected chi connectivity index (χ1v) is 7.33. The summed E-state index contributed by atoms with van der Waals surface area (Å²) in [5.74, 6) is -1.11. The molecular formula is C15H23N3O4. The number of rotatable bonds is 4. The quantitative estimate of drug-likeness (QED) is 0.907. The van der Waals surface area contributed by atoms with E-state index in [-0.39, 0.29) is 30.0 Å². The molecule has 1 aromatic rings. The first-order chi connectivity index (χ1) is 10.2. The molecule has 7 heteroatoms. The lowest BCUT2D eigenvalue weighted by molar-refractivity contribution is -0.137. The van der Waals surface area contributed by atoms with Gasteiger partial charge in [0.25, 0.3) is 5.91 Å². The van der Waals surface area contributed by atoms with E-state index in [4.69, 9.17) is 9.84 Å². The van der Waals surface area contributed by atoms with Crippen LogP contribution in [0.3, 0.4) is 0 Å². The highest BCUT2D eigenvalue weighted by atomic mass is 16.5. The first-order valence-electron chi connectivity index (χ1n) is 7.33. The number of hydrogen-bond acceptors (Lipinski definition) is 4. The number of carbonyl (C=O) groups excluding carboxylic acids is 1. The van der Waals surface area contributed by atoms with Crippen molar-refractivity contribution in [3.05, 3.63) is 18.0 Å². The molecule has 22 heavy (non-hydrogen) atoms. The van der Waals surface area contributed by atoms with Crippen molar-refractivity contribution in [3.63, 3.8) is 0 Å². The molecule has 0 bridgehead atoms. The minimum Gasteiger partial charge on any atom is -0.481 e. The molecule has 1 aliphatic heterocycles. The number of ether oxygens (including phenoxy) is 1. The van der Waals surface area contributed by atoms with E-state index < -0.39 is 5.97 Å². The number of likely N-dealkylation sites (tertiary alicyclic amines) is 1. The zero-order valence-electron chi connectivity index (χ0n) is 13.4. The SMILES string of the molecule is CO[C@@H]1C[C@@H](CC(=O)O)N(C(=O)c2cnn(C(C)(C)C)c2)C1. The lowest BCUT2D eigenvalue weighted by atomic mass is 10.1. The highest BCUT2D eigenvalue weighted by Crippen LogP contribution is 2.25. The van der Waals surface area contributed by atoms with Crippen LogP contribution in [0.15, 0.2) is 12.4 Å². The second-order valence-corrected chi connectivity index (χ2v) is 6.65. The molecule has 122 valence electrons. The van der Waals surface area contributed by atoms with Gasteiger partial charge in [0.15, 0.2) is 0 Å². The van der Waals surface area contributed by atoms with Crippen LogP contribution in [-0.2, 0) is 15.1 Å². The molecule has 1 N–H and O–H groups in total. The molecular weight excluding hydrogens is 286 g/mol. The number of aliphatic carboxylic acids is 1. The maximum atomic E-state index is 12.7. The minimum absolute atomic E-state index is 0.0704. The monoisotopic (exact) mass is 309 g/mol. The fourth-order valence-corrected chi connectivity index (χ4v) is 2.65. The third kappa shape index (κ3) is 3.47. The maximum absolute atomic E-state index is 12.7. The summed E-state index contributed by atoms with van der Waals surface area (Å²) in [6.45, 7) is 6.41. The van der Waals surface area contributed by atoms with Crippen molar-refractivity contribution in [2.24, 2.45) is 0 Å². The van der Waals surface area contributed by atoms with Crippen LogP contribution in [0.4, 0.5) is 0 Å². The van der Waals surface area contributed by atoms with Crippen molar-refractivity contribution in [3.8, 4) is 0 Å². The number of nitrogens with zero attached hydrogens (tertiary/aromatic N) is 3. The lowest BCUT2D eigenvalue weighted by Crippen LogP contribution is -2.37. The molecule has 0 radical (unpaired) electrons. The smallest absolute Gasteiger partial charge is 0.305 e. The summed E-state index contributed by atoms with van der Waals surface area (Å²) in [7, 11) is 1.58. The van der Waals surface area contributed by atoms with E-state index in [1.807, 2.05) is 20.8 Å². The van der Waals surface area contributed by atoms with Gasteiger partial charge in [0.1, 0.15) is 0 Å². The van der Waals surface area contributed by atoms with Crippen LogP contribution in [0.2, 0.25) is 0 Å². The van der Waals surface area contributed by atoms with Crippen molar-refractivity contribution in [2.45, 2.75) is 51.3 Å². The minimum atomic E-state index is -0.912. The number of carbonyl (C=O) groups is 2. The van der Waals surface area contributed by atoms with E-state index in [9.17, 15) is 9.59 Å². The van der Waals surface area contributed by atoms with E-state index in [1.54, 1.807) is 22.9 Å². The van der Waals surface area contributed by atoms with Crippen LogP contribution in [-0.4, -0.2) is 57.5 Å². The Labute approximate surface area is 129 Å². The molecule has 0 aliphatic carbocycles. The predicted molar refractivity (Wildman–Crippen MR) is 79.7 cm³/mol. The highest BCUT2D eigenvalue weighted by molar-refractivity contribution is 5.94. The average Bonchev–Trinajstić information content (AvgIpc) is 3.02. The number of carboxylic acids is 1. The van der Waals surface area contributed by atoms with Gasteiger partial charge in [-0.2, -0.15) is 5.10 Å². The van der Waals surface area contributed by atoms with Gasteiger partial charge in [-0.15, -0.1) is 0 Å². The molecule has 2 rings (SSSR count). The third-order valence-electron chi connectivity index (χ3n) is 3.90. The molecule has 2 atom stereocenters. The Bertz CT molecular complexity index is 561. The molecule has 0 spiro atoms. The summed E-state index contributed by atoms with van der Waals surface area (Å²) in [6.07, 6.45) is 3.60. The fraction of sp³-hybridized carbons (Fsp3) is 0.667. The maximum Gasteiger partial charge on any atom is 0.305 e. The normalized spacial score (nSPS) is 22.1. The summed E-state index contributed by atoms with van der Waals surface area (Å²) >= 11 is 0. The van der Waals surface area contributed by atoms with Gasteiger partial charge >= 0.3 is 5.97 Å². The number of hydrogen-bond donors (Lipinski definition) is 1. The second kappa shape index (κ2) is 6.08. The van der Waals surface area contributed by atoms with Crippen LogP contribution >= 0.6 is 0 Å². The average molecular weight is 309 g/mol. The third-order valence-corrected chi connectivity index (χ3v) is 3.90. The fourth-order valence-electron chi connectivity index (χ4n) is 2.65. The van der Waals surface area contributed by atoms with Gasteiger partial charge in [-0.1, -0.05) is 0 Å². The lowest BCUT2D eigenvalue weighted by Gasteiger charge is -2.23. The van der Waals surface area contributed by atoms with Crippen molar-refractivity contribution >= 4 is 11.9 Å². The zero-order valence-corrected chi connectivity index (χ0v) is 13.4. The number of carboxylic acid groups (broad SMARTS) is 1. The second-order valence-electron chi connectivity index (χ2n) is 6.65. The van der Waals surface area contributed by atoms with E-state index >= 15 is 0 Å². The van der Waals surface area contributed by atoms with Crippen molar-refractivity contribution in [1.82, 2.24) is 14.7 Å². The van der Waals surface area contributed by atoms with E-state index in [1.165, 1.54) is 6.20 Å². The Morgan fingerprint density at radius 1 is 1.45 bits per heavy atom. The largest absolute Gasteiger partial charge is 0.481 e. The molecule has 0 unspecified atom stereocenters. The van der Waals surface area contributed by atoms with Crippen molar-refractivity contribution in [1.29, 1.82) is 0 Å². The van der Waals surface area contributed by atoms with Gasteiger partial charge in [0.2, 0.25) is 0 Å². The van der Waals surface area contributed by atoms with Gasteiger partial charge in [0.05, 0.1) is 29.8 Å². The molecule has 7 nitrogen and oxygen atoms in total. The van der Waals surface area contributed by atoms with Crippen LogP contribution in [0.1, 0.15) is 44.0 Å². The Morgan fingerprint density at radius 3 is 2.64 bits per heavy atom. The molecule has 1 amide bonds. The van der Waals surface area contributed by atoms with E-state index in [0.29, 0.717) is 18.5 Å². The molecule has 1 aliphatic rings. The Hall–Kier alpha value is -1.89. The Morgan fingerprint density at radius 2 is 2.14 bits per heavy atom. The van der Waals surface area contributed by atoms with Gasteiger partial charge in [-0.25, -0.2) is 0 Å². The predicted octanol–water partition coefficient (Wildman–Crippen LogP) is 1.34. The van der Waals surface area contributed by atoms with Crippen LogP contribution in [0, 0.1) is 0 Å². The molecule has 0 saturated carbocycles. The Balaban J connectivity index is 2.19. The summed E-state index contributed by atoms with van der Waals surface area (Å²) in [5, 5.41) is 13.2. The topological polar surface area (TPSA) is 84.7 Å². The summed E-state index contributed by atoms with van der Waals surface area (Å²) in [5.41, 5.74) is 0.265. The summed E-state index contributed by atoms with van der Waals surface area (Å²) < 4.78 is 7.02. The number of aromatic nitrogens is 2. The number of methoxy groups -OCH3 is 1. The van der Waals surface area contributed by atoms with Gasteiger partial charge < -0.3 is 14.7 Å². The molecule has 0 aromatic carbocycles. The van der Waals surface area contributed by atoms with Crippen LogP contribution < -0.4 is 0 Å². The summed E-state index contributed by atoms with van der Waals surface area (Å²) in [4.78, 5) is 25.2. The van der Waals surface area contributed by atoms with Gasteiger partial charge in [-0.05, 0) is 27.2 Å². The number of amides is 1. The van der Waals surface area contributed by atoms with E-state index in [0.717, 1.165) is 0 Å². The molecule has 1 aromatic heterocycles. The van der Waals surface area contributed by atoms with Crippen molar-refractivity contribution in [2.75, 3.05) is 13.7 Å². The van der Waals surface area contributed by atoms with Gasteiger partial charge in [-0.3, -0.25) is 14.3 Å². The highest BCUT2D eigenvalue weighted by Gasteiger charge is 2.37.